The highest BCUT2D eigenvalue weighted by Gasteiger charge is 2.05. The van der Waals surface area contributed by atoms with E-state index in [1.54, 1.807) is 19.1 Å². The van der Waals surface area contributed by atoms with Gasteiger partial charge in [0.05, 0.1) is 10.0 Å². The van der Waals surface area contributed by atoms with Crippen LogP contribution in [0.15, 0.2) is 12.1 Å². The quantitative estimate of drug-likeness (QED) is 0.559. The molecule has 0 radical (unpaired) electrons. The van der Waals surface area contributed by atoms with Crippen molar-refractivity contribution in [3.63, 3.8) is 0 Å². The second kappa shape index (κ2) is 5.89. The molecule has 0 aliphatic rings. The molecule has 0 aliphatic heterocycles. The molecule has 3 N–H and O–H groups in total. The normalized spacial score (nSPS) is 8.93. The van der Waals surface area contributed by atoms with Crippen LogP contribution in [0.3, 0.4) is 0 Å². The largest absolute Gasteiger partial charge is 0.398 e. The Morgan fingerprint density at radius 1 is 1.21 bits per heavy atom. The van der Waals surface area contributed by atoms with Crippen LogP contribution in [-0.2, 0) is 0 Å². The summed E-state index contributed by atoms with van der Waals surface area (Å²) in [6.45, 7) is 5.65. The topological polar surface area (TPSA) is 49.9 Å². The van der Waals surface area contributed by atoms with Crippen molar-refractivity contribution < 1.29 is 0 Å². The zero-order chi connectivity index (χ0) is 11.3. The van der Waals surface area contributed by atoms with Crippen LogP contribution in [0, 0.1) is 5.41 Å². The molecule has 78 valence electrons. The van der Waals surface area contributed by atoms with E-state index in [1.165, 1.54) is 0 Å². The van der Waals surface area contributed by atoms with Gasteiger partial charge in [-0.05, 0) is 19.1 Å². The lowest BCUT2D eigenvalue weighted by molar-refractivity contribution is 1.45. The maximum Gasteiger partial charge on any atom is 0.0613 e. The lowest BCUT2D eigenvalue weighted by Gasteiger charge is -2.05. The molecule has 0 fully saturated rings. The van der Waals surface area contributed by atoms with E-state index in [-0.39, 0.29) is 0 Å². The van der Waals surface area contributed by atoms with Gasteiger partial charge >= 0.3 is 0 Å². The monoisotopic (exact) mass is 232 g/mol. The van der Waals surface area contributed by atoms with Gasteiger partial charge in [-0.25, -0.2) is 0 Å². The van der Waals surface area contributed by atoms with E-state index in [0.29, 0.717) is 27.0 Å². The summed E-state index contributed by atoms with van der Waals surface area (Å²) in [6.07, 6.45) is 0. The predicted octanol–water partition coefficient (Wildman–Crippen LogP) is 3.99. The first-order valence-electron chi connectivity index (χ1n) is 4.32. The van der Waals surface area contributed by atoms with Crippen molar-refractivity contribution in [1.82, 2.24) is 0 Å². The van der Waals surface area contributed by atoms with E-state index in [4.69, 9.17) is 34.3 Å². The van der Waals surface area contributed by atoms with Crippen LogP contribution in [0.4, 0.5) is 5.69 Å². The molecule has 0 bridgehead atoms. The minimum absolute atomic E-state index is 0.381. The number of hydrogen-bond donors (Lipinski definition) is 2. The smallest absolute Gasteiger partial charge is 0.0613 e. The van der Waals surface area contributed by atoms with Gasteiger partial charge in [0.2, 0.25) is 0 Å². The number of nitrogens with two attached hydrogens (primary N) is 1. The van der Waals surface area contributed by atoms with Crippen LogP contribution in [0.25, 0.3) is 0 Å². The van der Waals surface area contributed by atoms with Gasteiger partial charge in [-0.3, -0.25) is 0 Å². The van der Waals surface area contributed by atoms with E-state index in [2.05, 4.69) is 0 Å². The average molecular weight is 233 g/mol. The molecule has 0 amide bonds. The molecule has 0 heterocycles. The number of benzene rings is 1. The average Bonchev–Trinajstić information content (AvgIpc) is 2.14. The van der Waals surface area contributed by atoms with Gasteiger partial charge in [-0.15, -0.1) is 0 Å². The van der Waals surface area contributed by atoms with E-state index in [9.17, 15) is 0 Å². The lowest BCUT2D eigenvalue weighted by atomic mass is 10.1. The second-order valence-electron chi connectivity index (χ2n) is 2.48. The summed E-state index contributed by atoms with van der Waals surface area (Å²) in [5, 5.41) is 8.20. The van der Waals surface area contributed by atoms with Gasteiger partial charge in [0.25, 0.3) is 0 Å². The fraction of sp³-hybridized carbons (Fsp3) is 0.300. The highest BCUT2D eigenvalue weighted by Crippen LogP contribution is 2.27. The van der Waals surface area contributed by atoms with Crippen molar-refractivity contribution in [2.24, 2.45) is 0 Å². The number of nitrogen functional groups attached to an aromatic ring is 1. The second-order valence-corrected chi connectivity index (χ2v) is 3.29. The number of anilines is 1. The maximum atomic E-state index is 7.36. The van der Waals surface area contributed by atoms with E-state index in [0.717, 1.165) is 0 Å². The van der Waals surface area contributed by atoms with Gasteiger partial charge in [0.15, 0.2) is 0 Å². The molecule has 2 nitrogen and oxygen atoms in total. The Balaban J connectivity index is 0.000000791. The van der Waals surface area contributed by atoms with Crippen LogP contribution in [0.2, 0.25) is 10.0 Å². The van der Waals surface area contributed by atoms with Crippen molar-refractivity contribution in [3.05, 3.63) is 27.7 Å². The summed E-state index contributed by atoms with van der Waals surface area (Å²) in [6, 6.07) is 3.15. The summed E-state index contributed by atoms with van der Waals surface area (Å²) in [7, 11) is 0. The van der Waals surface area contributed by atoms with Crippen molar-refractivity contribution in [3.8, 4) is 0 Å². The molecule has 1 rings (SSSR count). The Kier molecular flexibility index (Phi) is 5.58. The highest BCUT2D eigenvalue weighted by molar-refractivity contribution is 6.42. The minimum atomic E-state index is 0.381. The molecule has 0 saturated heterocycles. The number of nitrogens with one attached hydrogen (secondary N) is 1. The Hall–Kier alpha value is -0.730. The molecule has 0 atom stereocenters. The van der Waals surface area contributed by atoms with Crippen molar-refractivity contribution in [2.75, 3.05) is 5.73 Å². The third kappa shape index (κ3) is 3.20. The van der Waals surface area contributed by atoms with Gasteiger partial charge in [0, 0.05) is 17.0 Å². The van der Waals surface area contributed by atoms with Crippen LogP contribution < -0.4 is 5.73 Å². The van der Waals surface area contributed by atoms with E-state index >= 15 is 0 Å². The lowest BCUT2D eigenvalue weighted by Crippen LogP contribution is -1.99. The van der Waals surface area contributed by atoms with Crippen molar-refractivity contribution in [2.45, 2.75) is 20.8 Å². The fourth-order valence-electron chi connectivity index (χ4n) is 0.887. The summed E-state index contributed by atoms with van der Waals surface area (Å²) in [5.41, 5.74) is 7.10. The van der Waals surface area contributed by atoms with Gasteiger partial charge in [0.1, 0.15) is 0 Å². The Morgan fingerprint density at radius 3 is 2.07 bits per heavy atom. The zero-order valence-electron chi connectivity index (χ0n) is 8.49. The standard InChI is InChI=1S/C8H8Cl2N2.C2H6/c1-4(11)5-2-6(9)7(10)3-8(5)12;1-2/h2-3,11H,12H2,1H3;1-2H3. The summed E-state index contributed by atoms with van der Waals surface area (Å²) < 4.78 is 0. The summed E-state index contributed by atoms with van der Waals surface area (Å²) >= 11 is 11.5. The molecule has 4 heteroatoms. The van der Waals surface area contributed by atoms with Crippen LogP contribution in [0.1, 0.15) is 26.3 Å². The molecular formula is C10H14Cl2N2. The van der Waals surface area contributed by atoms with Gasteiger partial charge < -0.3 is 11.1 Å². The molecule has 0 saturated carbocycles. The zero-order valence-corrected chi connectivity index (χ0v) is 10.00. The van der Waals surface area contributed by atoms with Gasteiger partial charge in [-0.2, -0.15) is 0 Å². The molecule has 0 unspecified atom stereocenters. The summed E-state index contributed by atoms with van der Waals surface area (Å²) in [4.78, 5) is 0. The number of rotatable bonds is 1. The third-order valence-corrected chi connectivity index (χ3v) is 2.22. The van der Waals surface area contributed by atoms with Crippen LogP contribution >= 0.6 is 23.2 Å². The van der Waals surface area contributed by atoms with E-state index < -0.39 is 0 Å². The fourth-order valence-corrected chi connectivity index (χ4v) is 1.22. The third-order valence-electron chi connectivity index (χ3n) is 1.50. The first kappa shape index (κ1) is 13.3. The molecular weight excluding hydrogens is 219 g/mol. The SMILES string of the molecule is CC.CC(=N)c1cc(Cl)c(Cl)cc1N. The first-order valence-corrected chi connectivity index (χ1v) is 5.08. The number of halogens is 2. The Morgan fingerprint density at radius 2 is 1.64 bits per heavy atom. The Bertz CT molecular complexity index is 335. The first-order chi connectivity index (χ1) is 6.52. The van der Waals surface area contributed by atoms with Crippen LogP contribution in [0.5, 0.6) is 0 Å². The predicted molar refractivity (Wildman–Crippen MR) is 64.7 cm³/mol. The van der Waals surface area contributed by atoms with E-state index in [1.807, 2.05) is 13.8 Å². The van der Waals surface area contributed by atoms with Gasteiger partial charge in [-0.1, -0.05) is 37.0 Å². The molecule has 0 aliphatic carbocycles. The maximum absolute atomic E-state index is 7.36. The molecule has 1 aromatic carbocycles. The highest BCUT2D eigenvalue weighted by atomic mass is 35.5. The van der Waals surface area contributed by atoms with Crippen molar-refractivity contribution >= 4 is 34.6 Å². The molecule has 14 heavy (non-hydrogen) atoms. The molecule has 1 aromatic rings. The summed E-state index contributed by atoms with van der Waals surface area (Å²) in [5.74, 6) is 0. The minimum Gasteiger partial charge on any atom is -0.398 e. The van der Waals surface area contributed by atoms with Crippen LogP contribution in [-0.4, -0.2) is 5.71 Å². The van der Waals surface area contributed by atoms with Crippen molar-refractivity contribution in [1.29, 1.82) is 5.41 Å². The molecule has 0 spiro atoms. The Labute approximate surface area is 94.5 Å². The molecule has 0 aromatic heterocycles. The number of hydrogen-bond acceptors (Lipinski definition) is 2.